The summed E-state index contributed by atoms with van der Waals surface area (Å²) in [5, 5.41) is 0. The van der Waals surface area contributed by atoms with Gasteiger partial charge in [0, 0.05) is 64.5 Å². The molecule has 1 heterocycles. The van der Waals surface area contributed by atoms with E-state index in [0.29, 0.717) is 56.3 Å². The van der Waals surface area contributed by atoms with Gasteiger partial charge in [0.25, 0.3) is 5.91 Å². The van der Waals surface area contributed by atoms with Gasteiger partial charge in [-0.2, -0.15) is 0 Å². The van der Waals surface area contributed by atoms with Crippen LogP contribution in [0.4, 0.5) is 0 Å². The second kappa shape index (κ2) is 13.5. The van der Waals surface area contributed by atoms with Crippen molar-refractivity contribution in [1.29, 1.82) is 0 Å². The van der Waals surface area contributed by atoms with Crippen molar-refractivity contribution in [2.75, 3.05) is 61.3 Å². The van der Waals surface area contributed by atoms with E-state index in [1.165, 1.54) is 14.2 Å². The minimum atomic E-state index is -0.276. The normalized spacial score (nSPS) is 10.7. The number of rotatable bonds is 14. The van der Waals surface area contributed by atoms with Gasteiger partial charge in [0.1, 0.15) is 18.0 Å². The van der Waals surface area contributed by atoms with Crippen LogP contribution in [0, 0.1) is 0 Å². The summed E-state index contributed by atoms with van der Waals surface area (Å²) in [5.41, 5.74) is 1.39. The highest BCUT2D eigenvalue weighted by Gasteiger charge is 2.24. The van der Waals surface area contributed by atoms with Crippen molar-refractivity contribution in [2.24, 2.45) is 7.05 Å². The molecule has 0 radical (unpaired) electrons. The first-order chi connectivity index (χ1) is 15.9. The Morgan fingerprint density at radius 1 is 0.909 bits per heavy atom. The molecule has 0 saturated heterocycles. The fraction of sp³-hybridized carbons (Fsp3) is 0.500. The number of ether oxygens (including phenoxy) is 4. The number of nitrogens with zero attached hydrogens (tertiary/aromatic N) is 3. The molecule has 2 rings (SSSR count). The minimum Gasteiger partial charge on any atom is -0.497 e. The van der Waals surface area contributed by atoms with Gasteiger partial charge in [0.15, 0.2) is 0 Å². The number of benzene rings is 1. The van der Waals surface area contributed by atoms with Crippen LogP contribution < -0.4 is 9.47 Å². The van der Waals surface area contributed by atoms with Gasteiger partial charge in [0.2, 0.25) is 5.91 Å². The Labute approximate surface area is 195 Å². The van der Waals surface area contributed by atoms with Crippen molar-refractivity contribution in [2.45, 2.75) is 13.0 Å². The molecule has 1 aromatic carbocycles. The molecule has 0 spiro atoms. The molecule has 182 valence electrons. The third kappa shape index (κ3) is 7.80. The summed E-state index contributed by atoms with van der Waals surface area (Å²) in [4.78, 5) is 29.9. The van der Waals surface area contributed by atoms with Gasteiger partial charge in [-0.25, -0.2) is 0 Å². The number of aromatic nitrogens is 1. The molecule has 0 aliphatic heterocycles. The maximum Gasteiger partial charge on any atom is 0.254 e. The van der Waals surface area contributed by atoms with Crippen LogP contribution in [0.15, 0.2) is 36.5 Å². The first-order valence-electron chi connectivity index (χ1n) is 10.8. The van der Waals surface area contributed by atoms with Crippen molar-refractivity contribution in [3.8, 4) is 11.5 Å². The molecular formula is C24H35N3O6. The van der Waals surface area contributed by atoms with Gasteiger partial charge in [-0.15, -0.1) is 0 Å². The van der Waals surface area contributed by atoms with E-state index in [-0.39, 0.29) is 18.4 Å². The quantitative estimate of drug-likeness (QED) is 0.401. The number of amides is 2. The van der Waals surface area contributed by atoms with E-state index in [4.69, 9.17) is 18.9 Å². The van der Waals surface area contributed by atoms with E-state index in [0.717, 1.165) is 5.69 Å². The zero-order valence-corrected chi connectivity index (χ0v) is 20.2. The van der Waals surface area contributed by atoms with Crippen molar-refractivity contribution < 1.29 is 28.5 Å². The largest absolute Gasteiger partial charge is 0.497 e. The Morgan fingerprint density at radius 3 is 2.12 bits per heavy atom. The van der Waals surface area contributed by atoms with E-state index in [2.05, 4.69) is 0 Å². The van der Waals surface area contributed by atoms with Crippen LogP contribution >= 0.6 is 0 Å². The van der Waals surface area contributed by atoms with Crippen molar-refractivity contribution in [3.05, 3.63) is 47.8 Å². The van der Waals surface area contributed by atoms with Crippen molar-refractivity contribution in [3.63, 3.8) is 0 Å². The lowest BCUT2D eigenvalue weighted by Crippen LogP contribution is -2.44. The molecule has 0 unspecified atom stereocenters. The first-order valence-corrected chi connectivity index (χ1v) is 10.8. The average Bonchev–Trinajstić information content (AvgIpc) is 3.24. The molecule has 0 aliphatic rings. The first kappa shape index (κ1) is 26.2. The van der Waals surface area contributed by atoms with Crippen LogP contribution in [0.1, 0.15) is 22.5 Å². The summed E-state index contributed by atoms with van der Waals surface area (Å²) < 4.78 is 22.9. The van der Waals surface area contributed by atoms with Crippen molar-refractivity contribution in [1.82, 2.24) is 14.4 Å². The van der Waals surface area contributed by atoms with Crippen LogP contribution in [0.2, 0.25) is 0 Å². The molecule has 0 fully saturated rings. The number of carbonyl (C=O) groups excluding carboxylic acids is 2. The predicted octanol–water partition coefficient (Wildman–Crippen LogP) is 2.20. The Kier molecular flexibility index (Phi) is 10.7. The Hall–Kier alpha value is -3.04. The van der Waals surface area contributed by atoms with E-state index in [1.54, 1.807) is 42.2 Å². The highest BCUT2D eigenvalue weighted by atomic mass is 16.5. The van der Waals surface area contributed by atoms with E-state index >= 15 is 0 Å². The fourth-order valence-electron chi connectivity index (χ4n) is 3.38. The van der Waals surface area contributed by atoms with Gasteiger partial charge in [-0.1, -0.05) is 0 Å². The molecule has 9 nitrogen and oxygen atoms in total. The lowest BCUT2D eigenvalue weighted by atomic mass is 10.1. The standard InChI is InChI=1S/C24H35N3O6/c1-25-9-6-8-20(25)17-26(11-13-31-3)23(28)18-27(10-7-12-30-2)24(29)19-14-21(32-4)16-22(15-19)33-5/h6,8-9,14-16H,7,10-13,17-18H2,1-5H3. The third-order valence-corrected chi connectivity index (χ3v) is 5.31. The molecule has 0 bridgehead atoms. The summed E-state index contributed by atoms with van der Waals surface area (Å²) in [7, 11) is 8.20. The van der Waals surface area contributed by atoms with Gasteiger partial charge in [-0.3, -0.25) is 9.59 Å². The van der Waals surface area contributed by atoms with E-state index in [1.807, 2.05) is 29.9 Å². The summed E-state index contributed by atoms with van der Waals surface area (Å²) in [6.45, 7) is 2.06. The fourth-order valence-corrected chi connectivity index (χ4v) is 3.38. The number of carbonyl (C=O) groups is 2. The summed E-state index contributed by atoms with van der Waals surface area (Å²) >= 11 is 0. The van der Waals surface area contributed by atoms with Crippen LogP contribution in [-0.2, 0) is 27.9 Å². The molecule has 0 aliphatic carbocycles. The van der Waals surface area contributed by atoms with Gasteiger partial charge in [-0.05, 0) is 30.7 Å². The summed E-state index contributed by atoms with van der Waals surface area (Å²) in [5.74, 6) is 0.577. The molecule has 0 saturated carbocycles. The lowest BCUT2D eigenvalue weighted by molar-refractivity contribution is -0.133. The molecule has 1 aromatic heterocycles. The van der Waals surface area contributed by atoms with Crippen LogP contribution in [-0.4, -0.2) is 87.5 Å². The Morgan fingerprint density at radius 2 is 1.58 bits per heavy atom. The maximum atomic E-state index is 13.4. The summed E-state index contributed by atoms with van der Waals surface area (Å²) in [6, 6.07) is 8.89. The molecular weight excluding hydrogens is 426 g/mol. The topological polar surface area (TPSA) is 82.5 Å². The average molecular weight is 462 g/mol. The third-order valence-electron chi connectivity index (χ3n) is 5.31. The molecule has 0 N–H and O–H groups in total. The lowest BCUT2D eigenvalue weighted by Gasteiger charge is -2.28. The van der Waals surface area contributed by atoms with E-state index < -0.39 is 0 Å². The number of methoxy groups -OCH3 is 4. The summed E-state index contributed by atoms with van der Waals surface area (Å²) in [6.07, 6.45) is 2.54. The molecule has 2 amide bonds. The zero-order valence-electron chi connectivity index (χ0n) is 20.2. The van der Waals surface area contributed by atoms with Crippen molar-refractivity contribution >= 4 is 11.8 Å². The minimum absolute atomic E-state index is 0.0593. The smallest absolute Gasteiger partial charge is 0.254 e. The predicted molar refractivity (Wildman–Crippen MR) is 125 cm³/mol. The SMILES string of the molecule is COCCCN(CC(=O)N(CCOC)Cc1cccn1C)C(=O)c1cc(OC)cc(OC)c1. The molecule has 9 heteroatoms. The number of hydrogen-bond donors (Lipinski definition) is 0. The monoisotopic (exact) mass is 461 g/mol. The molecule has 2 aromatic rings. The van der Waals surface area contributed by atoms with Gasteiger partial charge in [0.05, 0.1) is 27.4 Å². The van der Waals surface area contributed by atoms with Crippen LogP contribution in [0.5, 0.6) is 11.5 Å². The van der Waals surface area contributed by atoms with Crippen LogP contribution in [0.3, 0.4) is 0 Å². The van der Waals surface area contributed by atoms with Gasteiger partial charge < -0.3 is 33.3 Å². The highest BCUT2D eigenvalue weighted by Crippen LogP contribution is 2.23. The molecule has 33 heavy (non-hydrogen) atoms. The number of aryl methyl sites for hydroxylation is 1. The zero-order chi connectivity index (χ0) is 24.2. The second-order valence-electron chi connectivity index (χ2n) is 7.59. The van der Waals surface area contributed by atoms with E-state index in [9.17, 15) is 9.59 Å². The Bertz CT molecular complexity index is 876. The van der Waals surface area contributed by atoms with Gasteiger partial charge >= 0.3 is 0 Å². The van der Waals surface area contributed by atoms with Crippen LogP contribution in [0.25, 0.3) is 0 Å². The number of hydrogen-bond acceptors (Lipinski definition) is 6. The maximum absolute atomic E-state index is 13.4. The second-order valence-corrected chi connectivity index (χ2v) is 7.59. The Balaban J connectivity index is 2.24. The highest BCUT2D eigenvalue weighted by molar-refractivity contribution is 5.97. The molecule has 0 atom stereocenters.